The van der Waals surface area contributed by atoms with Crippen molar-refractivity contribution in [3.05, 3.63) is 29.1 Å². The molecule has 1 aliphatic heterocycles. The molecule has 5 heteroatoms. The second kappa shape index (κ2) is 4.33. The summed E-state index contributed by atoms with van der Waals surface area (Å²) in [7, 11) is 0. The van der Waals surface area contributed by atoms with E-state index in [1.165, 1.54) is 0 Å². The van der Waals surface area contributed by atoms with Gasteiger partial charge in [0.25, 0.3) is 0 Å². The smallest absolute Gasteiger partial charge is 0.171 e. The van der Waals surface area contributed by atoms with Crippen LogP contribution in [0.1, 0.15) is 24.3 Å². The fraction of sp³-hybridized carbons (Fsp3) is 0.455. The van der Waals surface area contributed by atoms with E-state index in [4.69, 9.17) is 5.11 Å². The van der Waals surface area contributed by atoms with Gasteiger partial charge in [-0.2, -0.15) is 0 Å². The highest BCUT2D eigenvalue weighted by atomic mass is 19.2. The Bertz CT molecular complexity index is 376. The normalized spacial score (nSPS) is 17.7. The largest absolute Gasteiger partial charge is 0.505 e. The molecule has 0 spiro atoms. The predicted molar refractivity (Wildman–Crippen MR) is 52.8 cm³/mol. The molecule has 1 aromatic carbocycles. The van der Waals surface area contributed by atoms with Gasteiger partial charge in [-0.3, -0.25) is 0 Å². The van der Waals surface area contributed by atoms with Gasteiger partial charge in [0.05, 0.1) is 0 Å². The van der Waals surface area contributed by atoms with Gasteiger partial charge >= 0.3 is 0 Å². The highest BCUT2D eigenvalue weighted by Crippen LogP contribution is 2.34. The number of halogens is 3. The minimum absolute atomic E-state index is 0.320. The minimum Gasteiger partial charge on any atom is -0.505 e. The fourth-order valence-electron chi connectivity index (χ4n) is 2.08. The van der Waals surface area contributed by atoms with Crippen molar-refractivity contribution in [3.8, 4) is 5.75 Å². The summed E-state index contributed by atoms with van der Waals surface area (Å²) in [5.41, 5.74) is -0.320. The summed E-state index contributed by atoms with van der Waals surface area (Å²) in [6, 6.07) is 0.468. The van der Waals surface area contributed by atoms with Crippen LogP contribution in [0.5, 0.6) is 5.75 Å². The van der Waals surface area contributed by atoms with Crippen LogP contribution < -0.4 is 5.32 Å². The molecular formula is C11H12F3NO. The van der Waals surface area contributed by atoms with Crippen molar-refractivity contribution in [3.63, 3.8) is 0 Å². The molecule has 2 nitrogen and oxygen atoms in total. The summed E-state index contributed by atoms with van der Waals surface area (Å²) in [6.45, 7) is 1.28. The van der Waals surface area contributed by atoms with E-state index in [-0.39, 0.29) is 11.5 Å². The average molecular weight is 231 g/mol. The molecule has 0 aliphatic carbocycles. The number of rotatable bonds is 1. The topological polar surface area (TPSA) is 32.3 Å². The zero-order chi connectivity index (χ0) is 11.7. The number of phenolic OH excluding ortho intramolecular Hbond substituents is 1. The first-order chi connectivity index (χ1) is 7.61. The van der Waals surface area contributed by atoms with Gasteiger partial charge in [-0.25, -0.2) is 13.2 Å². The Morgan fingerprint density at radius 2 is 1.75 bits per heavy atom. The van der Waals surface area contributed by atoms with Gasteiger partial charge in [0.2, 0.25) is 0 Å². The van der Waals surface area contributed by atoms with Crippen molar-refractivity contribution < 1.29 is 18.3 Å². The number of hydrogen-bond donors (Lipinski definition) is 2. The molecule has 0 unspecified atom stereocenters. The first-order valence-corrected chi connectivity index (χ1v) is 5.18. The lowest BCUT2D eigenvalue weighted by atomic mass is 9.89. The van der Waals surface area contributed by atoms with Crippen LogP contribution in [-0.4, -0.2) is 18.2 Å². The first kappa shape index (κ1) is 11.3. The molecule has 0 atom stereocenters. The molecule has 88 valence electrons. The quantitative estimate of drug-likeness (QED) is 0.727. The predicted octanol–water partition coefficient (Wildman–Crippen LogP) is 2.28. The maximum Gasteiger partial charge on any atom is 0.171 e. The molecule has 2 rings (SSSR count). The third-order valence-electron chi connectivity index (χ3n) is 2.92. The maximum atomic E-state index is 13.5. The van der Waals surface area contributed by atoms with Gasteiger partial charge in [-0.1, -0.05) is 0 Å². The van der Waals surface area contributed by atoms with Crippen molar-refractivity contribution in [2.75, 3.05) is 13.1 Å². The van der Waals surface area contributed by atoms with E-state index in [1.54, 1.807) is 0 Å². The van der Waals surface area contributed by atoms with Crippen LogP contribution in [0, 0.1) is 17.5 Å². The number of aromatic hydroxyl groups is 1. The molecule has 0 bridgehead atoms. The summed E-state index contributed by atoms with van der Waals surface area (Å²) in [6.07, 6.45) is 1.08. The van der Waals surface area contributed by atoms with Crippen molar-refractivity contribution in [2.45, 2.75) is 18.8 Å². The van der Waals surface area contributed by atoms with E-state index in [9.17, 15) is 13.2 Å². The summed E-state index contributed by atoms with van der Waals surface area (Å²) in [5, 5.41) is 12.2. The van der Waals surface area contributed by atoms with Crippen LogP contribution in [0.2, 0.25) is 0 Å². The Morgan fingerprint density at radius 1 is 1.12 bits per heavy atom. The molecule has 0 aromatic heterocycles. The molecule has 1 aromatic rings. The molecule has 1 saturated heterocycles. The lowest BCUT2D eigenvalue weighted by Gasteiger charge is -2.24. The van der Waals surface area contributed by atoms with E-state index in [0.29, 0.717) is 32.0 Å². The summed E-state index contributed by atoms with van der Waals surface area (Å²) < 4.78 is 40.1. The second-order valence-electron chi connectivity index (χ2n) is 3.94. The average Bonchev–Trinajstić information content (AvgIpc) is 2.28. The Morgan fingerprint density at radius 3 is 2.38 bits per heavy atom. The van der Waals surface area contributed by atoms with Gasteiger partial charge in [-0.05, 0) is 31.8 Å². The number of nitrogens with one attached hydrogen (secondary N) is 1. The van der Waals surface area contributed by atoms with Crippen LogP contribution in [0.3, 0.4) is 0 Å². The molecule has 2 N–H and O–H groups in total. The molecule has 1 fully saturated rings. The highest BCUT2D eigenvalue weighted by Gasteiger charge is 2.26. The molecule has 0 saturated carbocycles. The van der Waals surface area contributed by atoms with Gasteiger partial charge in [0.1, 0.15) is 0 Å². The lowest BCUT2D eigenvalue weighted by molar-refractivity contribution is 0.378. The molecule has 1 heterocycles. The van der Waals surface area contributed by atoms with Crippen LogP contribution in [0.25, 0.3) is 0 Å². The van der Waals surface area contributed by atoms with Crippen molar-refractivity contribution in [1.29, 1.82) is 0 Å². The van der Waals surface area contributed by atoms with Gasteiger partial charge in [0.15, 0.2) is 23.2 Å². The van der Waals surface area contributed by atoms with E-state index in [1.807, 2.05) is 0 Å². The first-order valence-electron chi connectivity index (χ1n) is 5.18. The van der Waals surface area contributed by atoms with E-state index < -0.39 is 23.2 Å². The second-order valence-corrected chi connectivity index (χ2v) is 3.94. The zero-order valence-electron chi connectivity index (χ0n) is 8.56. The van der Waals surface area contributed by atoms with Gasteiger partial charge in [0, 0.05) is 11.6 Å². The van der Waals surface area contributed by atoms with Crippen molar-refractivity contribution in [1.82, 2.24) is 5.32 Å². The Balaban J connectivity index is 2.45. The third kappa shape index (κ3) is 1.87. The van der Waals surface area contributed by atoms with Crippen LogP contribution >= 0.6 is 0 Å². The fourth-order valence-corrected chi connectivity index (χ4v) is 2.08. The van der Waals surface area contributed by atoms with Crippen LogP contribution in [0.15, 0.2) is 6.07 Å². The standard InChI is InChI=1S/C11H12F3NO/c12-7-5-8(16)11(14)9(10(7)13)6-1-3-15-4-2-6/h5-6,15-16H,1-4H2. The molecule has 0 amide bonds. The summed E-state index contributed by atoms with van der Waals surface area (Å²) in [5.74, 6) is -4.62. The van der Waals surface area contributed by atoms with E-state index in [0.717, 1.165) is 0 Å². The zero-order valence-corrected chi connectivity index (χ0v) is 8.56. The van der Waals surface area contributed by atoms with Crippen molar-refractivity contribution >= 4 is 0 Å². The Labute approximate surface area is 91.1 Å². The number of benzene rings is 1. The molecule has 1 aliphatic rings. The van der Waals surface area contributed by atoms with Gasteiger partial charge in [-0.15, -0.1) is 0 Å². The minimum atomic E-state index is -1.20. The maximum absolute atomic E-state index is 13.5. The number of piperidine rings is 1. The molecular weight excluding hydrogens is 219 g/mol. The SMILES string of the molecule is Oc1cc(F)c(F)c(C2CCNCC2)c1F. The lowest BCUT2D eigenvalue weighted by Crippen LogP contribution is -2.27. The monoisotopic (exact) mass is 231 g/mol. The third-order valence-corrected chi connectivity index (χ3v) is 2.92. The Hall–Kier alpha value is -1.23. The van der Waals surface area contributed by atoms with Crippen LogP contribution in [-0.2, 0) is 0 Å². The van der Waals surface area contributed by atoms with E-state index >= 15 is 0 Å². The van der Waals surface area contributed by atoms with Gasteiger partial charge < -0.3 is 10.4 Å². The summed E-state index contributed by atoms with van der Waals surface area (Å²) in [4.78, 5) is 0. The molecule has 16 heavy (non-hydrogen) atoms. The van der Waals surface area contributed by atoms with E-state index in [2.05, 4.69) is 5.32 Å². The highest BCUT2D eigenvalue weighted by molar-refractivity contribution is 5.35. The summed E-state index contributed by atoms with van der Waals surface area (Å²) >= 11 is 0. The van der Waals surface area contributed by atoms with Crippen LogP contribution in [0.4, 0.5) is 13.2 Å². The van der Waals surface area contributed by atoms with Crippen molar-refractivity contribution in [2.24, 2.45) is 0 Å². The number of hydrogen-bond acceptors (Lipinski definition) is 2. The Kier molecular flexibility index (Phi) is 3.05. The molecule has 0 radical (unpaired) electrons. The number of phenols is 1.